The first-order chi connectivity index (χ1) is 14.3. The van der Waals surface area contributed by atoms with Gasteiger partial charge in [0.15, 0.2) is 5.82 Å². The minimum atomic E-state index is 0.0985. The van der Waals surface area contributed by atoms with E-state index >= 15 is 0 Å². The van der Waals surface area contributed by atoms with E-state index in [4.69, 9.17) is 0 Å². The van der Waals surface area contributed by atoms with Crippen LogP contribution in [0, 0.1) is 5.92 Å². The Morgan fingerprint density at radius 1 is 1.03 bits per heavy atom. The van der Waals surface area contributed by atoms with Gasteiger partial charge < -0.3 is 10.2 Å². The fourth-order valence-electron chi connectivity index (χ4n) is 3.71. The Kier molecular flexibility index (Phi) is 6.52. The standard InChI is InChI=1S/C23H26N4OS/c28-23(24-14-4-8-18-6-2-1-3-7-18)19-12-15-27(16-13-19)22-11-10-20(25-26-22)21-9-5-17-29-21/h1-3,5-7,9-11,17,19H,4,8,12-16H2,(H,24,28). The Morgan fingerprint density at radius 3 is 2.55 bits per heavy atom. The first kappa shape index (κ1) is 19.6. The van der Waals surface area contributed by atoms with E-state index in [1.807, 2.05) is 29.6 Å². The van der Waals surface area contributed by atoms with Gasteiger partial charge in [-0.05, 0) is 54.8 Å². The van der Waals surface area contributed by atoms with E-state index in [-0.39, 0.29) is 11.8 Å². The summed E-state index contributed by atoms with van der Waals surface area (Å²) in [7, 11) is 0. The summed E-state index contributed by atoms with van der Waals surface area (Å²) in [5.74, 6) is 1.19. The number of thiophene rings is 1. The molecule has 150 valence electrons. The summed E-state index contributed by atoms with van der Waals surface area (Å²) in [6, 6.07) is 18.5. The average Bonchev–Trinajstić information content (AvgIpc) is 3.33. The van der Waals surface area contributed by atoms with Crippen molar-refractivity contribution in [2.45, 2.75) is 25.7 Å². The molecule has 3 heterocycles. The zero-order valence-corrected chi connectivity index (χ0v) is 17.3. The summed E-state index contributed by atoms with van der Waals surface area (Å²) in [5.41, 5.74) is 2.23. The van der Waals surface area contributed by atoms with Gasteiger partial charge in [0.25, 0.3) is 0 Å². The maximum absolute atomic E-state index is 12.5. The van der Waals surface area contributed by atoms with Crippen LogP contribution >= 0.6 is 11.3 Å². The van der Waals surface area contributed by atoms with Gasteiger partial charge in [-0.2, -0.15) is 0 Å². The number of carbonyl (C=O) groups is 1. The van der Waals surface area contributed by atoms with Crippen LogP contribution in [0.2, 0.25) is 0 Å². The van der Waals surface area contributed by atoms with Crippen LogP contribution in [-0.2, 0) is 11.2 Å². The van der Waals surface area contributed by atoms with Gasteiger partial charge in [0, 0.05) is 25.6 Å². The van der Waals surface area contributed by atoms with Crippen LogP contribution in [0.15, 0.2) is 60.0 Å². The van der Waals surface area contributed by atoms with Crippen molar-refractivity contribution in [2.24, 2.45) is 5.92 Å². The van der Waals surface area contributed by atoms with Gasteiger partial charge in [-0.15, -0.1) is 21.5 Å². The number of benzene rings is 1. The van der Waals surface area contributed by atoms with Gasteiger partial charge in [0.2, 0.25) is 5.91 Å². The summed E-state index contributed by atoms with van der Waals surface area (Å²) in [6.45, 7) is 2.42. The second-order valence-electron chi connectivity index (χ2n) is 7.40. The summed E-state index contributed by atoms with van der Waals surface area (Å²) in [6.07, 6.45) is 3.69. The number of amides is 1. The van der Waals surface area contributed by atoms with Crippen molar-refractivity contribution in [3.63, 3.8) is 0 Å². The van der Waals surface area contributed by atoms with E-state index in [9.17, 15) is 4.79 Å². The Balaban J connectivity index is 1.20. The normalized spacial score (nSPS) is 14.7. The van der Waals surface area contributed by atoms with Crippen molar-refractivity contribution in [2.75, 3.05) is 24.5 Å². The Labute approximate surface area is 175 Å². The van der Waals surface area contributed by atoms with E-state index in [0.29, 0.717) is 0 Å². The van der Waals surface area contributed by atoms with Gasteiger partial charge in [-0.3, -0.25) is 4.79 Å². The van der Waals surface area contributed by atoms with E-state index in [2.05, 4.69) is 50.7 Å². The minimum absolute atomic E-state index is 0.0985. The molecule has 0 aliphatic carbocycles. The van der Waals surface area contributed by atoms with E-state index in [0.717, 1.165) is 61.7 Å². The van der Waals surface area contributed by atoms with Crippen LogP contribution in [-0.4, -0.2) is 35.7 Å². The molecule has 29 heavy (non-hydrogen) atoms. The molecule has 0 atom stereocenters. The molecule has 1 aromatic carbocycles. The average molecular weight is 407 g/mol. The quantitative estimate of drug-likeness (QED) is 0.598. The molecule has 1 aliphatic heterocycles. The number of aryl methyl sites for hydroxylation is 1. The number of hydrogen-bond donors (Lipinski definition) is 1. The molecule has 5 nitrogen and oxygen atoms in total. The zero-order chi connectivity index (χ0) is 19.9. The van der Waals surface area contributed by atoms with Gasteiger partial charge in [0.05, 0.1) is 4.88 Å². The number of piperidine rings is 1. The number of carbonyl (C=O) groups excluding carboxylic acids is 1. The maximum atomic E-state index is 12.5. The van der Waals surface area contributed by atoms with Crippen LogP contribution in [0.4, 0.5) is 5.82 Å². The number of aromatic nitrogens is 2. The SMILES string of the molecule is O=C(NCCCc1ccccc1)C1CCN(c2ccc(-c3cccs3)nn2)CC1. The molecule has 4 rings (SSSR count). The summed E-state index contributed by atoms with van der Waals surface area (Å²) >= 11 is 1.67. The topological polar surface area (TPSA) is 58.1 Å². The molecule has 0 spiro atoms. The van der Waals surface area contributed by atoms with Crippen LogP contribution in [0.5, 0.6) is 0 Å². The predicted molar refractivity (Wildman–Crippen MR) is 118 cm³/mol. The number of rotatable bonds is 7. The number of anilines is 1. The van der Waals surface area contributed by atoms with Gasteiger partial charge in [-0.25, -0.2) is 0 Å². The molecule has 6 heteroatoms. The fourth-order valence-corrected chi connectivity index (χ4v) is 4.40. The summed E-state index contributed by atoms with van der Waals surface area (Å²) < 4.78 is 0. The van der Waals surface area contributed by atoms with Crippen molar-refractivity contribution in [1.29, 1.82) is 0 Å². The zero-order valence-electron chi connectivity index (χ0n) is 16.5. The highest BCUT2D eigenvalue weighted by molar-refractivity contribution is 7.13. The number of nitrogens with one attached hydrogen (secondary N) is 1. The molecule has 1 fully saturated rings. The lowest BCUT2D eigenvalue weighted by Crippen LogP contribution is -2.41. The molecule has 0 unspecified atom stereocenters. The molecular formula is C23H26N4OS. The van der Waals surface area contributed by atoms with Crippen LogP contribution in [0.3, 0.4) is 0 Å². The highest BCUT2D eigenvalue weighted by Gasteiger charge is 2.25. The van der Waals surface area contributed by atoms with Crippen LogP contribution in [0.25, 0.3) is 10.6 Å². The highest BCUT2D eigenvalue weighted by atomic mass is 32.1. The van der Waals surface area contributed by atoms with Crippen molar-refractivity contribution in [1.82, 2.24) is 15.5 Å². The number of hydrogen-bond acceptors (Lipinski definition) is 5. The molecule has 1 saturated heterocycles. The largest absolute Gasteiger partial charge is 0.356 e. The fraction of sp³-hybridized carbons (Fsp3) is 0.348. The van der Waals surface area contributed by atoms with Crippen molar-refractivity contribution < 1.29 is 4.79 Å². The number of nitrogens with zero attached hydrogens (tertiary/aromatic N) is 3. The molecule has 2 aromatic heterocycles. The first-order valence-electron chi connectivity index (χ1n) is 10.2. The molecule has 1 amide bonds. The van der Waals surface area contributed by atoms with Crippen molar-refractivity contribution >= 4 is 23.1 Å². The van der Waals surface area contributed by atoms with E-state index in [1.165, 1.54) is 5.56 Å². The monoisotopic (exact) mass is 406 g/mol. The maximum Gasteiger partial charge on any atom is 0.223 e. The molecule has 0 bridgehead atoms. The third-order valence-corrected chi connectivity index (χ3v) is 6.29. The predicted octanol–water partition coefficient (Wildman–Crippen LogP) is 4.17. The second kappa shape index (κ2) is 9.65. The summed E-state index contributed by atoms with van der Waals surface area (Å²) in [4.78, 5) is 15.8. The van der Waals surface area contributed by atoms with Crippen molar-refractivity contribution in [3.8, 4) is 10.6 Å². The molecular weight excluding hydrogens is 380 g/mol. The van der Waals surface area contributed by atoms with Gasteiger partial charge in [-0.1, -0.05) is 36.4 Å². The molecule has 0 saturated carbocycles. The Hall–Kier alpha value is -2.73. The van der Waals surface area contributed by atoms with Crippen LogP contribution < -0.4 is 10.2 Å². The lowest BCUT2D eigenvalue weighted by molar-refractivity contribution is -0.125. The highest BCUT2D eigenvalue weighted by Crippen LogP contribution is 2.25. The smallest absolute Gasteiger partial charge is 0.223 e. The molecule has 3 aromatic rings. The summed E-state index contributed by atoms with van der Waals surface area (Å²) in [5, 5.41) is 13.9. The Bertz CT molecular complexity index is 888. The van der Waals surface area contributed by atoms with E-state index < -0.39 is 0 Å². The first-order valence-corrected chi connectivity index (χ1v) is 11.1. The van der Waals surface area contributed by atoms with Crippen LogP contribution in [0.1, 0.15) is 24.8 Å². The lowest BCUT2D eigenvalue weighted by atomic mass is 9.96. The molecule has 0 radical (unpaired) electrons. The third-order valence-electron chi connectivity index (χ3n) is 5.40. The Morgan fingerprint density at radius 2 is 1.86 bits per heavy atom. The second-order valence-corrected chi connectivity index (χ2v) is 8.34. The molecule has 1 aliphatic rings. The molecule has 1 N–H and O–H groups in total. The third kappa shape index (κ3) is 5.21. The van der Waals surface area contributed by atoms with Crippen molar-refractivity contribution in [3.05, 3.63) is 65.5 Å². The lowest BCUT2D eigenvalue weighted by Gasteiger charge is -2.31. The van der Waals surface area contributed by atoms with E-state index in [1.54, 1.807) is 11.3 Å². The minimum Gasteiger partial charge on any atom is -0.356 e. The van der Waals surface area contributed by atoms with Gasteiger partial charge >= 0.3 is 0 Å². The van der Waals surface area contributed by atoms with Gasteiger partial charge in [0.1, 0.15) is 5.69 Å².